The first kappa shape index (κ1) is 56.5. The second-order valence-electron chi connectivity index (χ2n) is 30.5. The fourth-order valence-electron chi connectivity index (χ4n) is 23.3. The van der Waals surface area contributed by atoms with E-state index < -0.39 is 46.6 Å². The molecule has 83 heavy (non-hydrogen) atoms. The molecule has 0 unspecified atom stereocenters. The summed E-state index contributed by atoms with van der Waals surface area (Å²) in [5.74, 6) is 0.908. The lowest BCUT2D eigenvalue weighted by Gasteiger charge is -2.71. The van der Waals surface area contributed by atoms with Crippen molar-refractivity contribution in [1.82, 2.24) is 0 Å². The molecular weight excluding hydrogens is 1020 g/mol. The van der Waals surface area contributed by atoms with Crippen molar-refractivity contribution >= 4 is 22.7 Å². The normalized spacial score (nSPS) is 38.6. The lowest BCUT2D eigenvalue weighted by molar-refractivity contribution is -0.328. The van der Waals surface area contributed by atoms with Crippen molar-refractivity contribution in [2.45, 2.75) is 248 Å². The molecule has 4 aromatic carbocycles. The van der Waals surface area contributed by atoms with Crippen LogP contribution >= 0.6 is 0 Å². The number of esters is 2. The van der Waals surface area contributed by atoms with Crippen LogP contribution in [0.4, 0.5) is 0 Å². The molecular formula is C76H98O7. The van der Waals surface area contributed by atoms with Crippen LogP contribution in [0.25, 0.3) is 10.8 Å². The number of ether oxygens (including phenoxy) is 2. The van der Waals surface area contributed by atoms with Crippen LogP contribution in [-0.4, -0.2) is 57.8 Å². The lowest BCUT2D eigenvalue weighted by Crippen LogP contribution is -2.77. The van der Waals surface area contributed by atoms with E-state index in [0.717, 1.165) is 89.0 Å². The fraction of sp³-hybridized carbons (Fsp3) is 0.658. The van der Waals surface area contributed by atoms with Gasteiger partial charge in [-0.3, -0.25) is 4.79 Å². The zero-order chi connectivity index (χ0) is 56.9. The number of aliphatic hydroxyl groups is 3. The van der Waals surface area contributed by atoms with E-state index in [1.54, 1.807) is 33.7 Å². The van der Waals surface area contributed by atoms with E-state index in [4.69, 9.17) is 9.47 Å². The summed E-state index contributed by atoms with van der Waals surface area (Å²) in [7, 11) is 0. The van der Waals surface area contributed by atoms with Gasteiger partial charge in [-0.05, 0) is 230 Å². The van der Waals surface area contributed by atoms with Crippen molar-refractivity contribution in [2.24, 2.45) is 57.2 Å². The molecule has 7 fully saturated rings. The second-order valence-corrected chi connectivity index (χ2v) is 30.5. The largest absolute Gasteiger partial charge is 0.462 e. The molecule has 14 rings (SSSR count). The van der Waals surface area contributed by atoms with Gasteiger partial charge < -0.3 is 24.8 Å². The van der Waals surface area contributed by atoms with Gasteiger partial charge in [0.05, 0.1) is 29.1 Å². The molecule has 4 aromatic rings. The highest BCUT2D eigenvalue weighted by Crippen LogP contribution is 2.81. The number of hydrogen-bond donors (Lipinski definition) is 3. The Hall–Kier alpha value is -4.30. The molecule has 10 aliphatic rings. The van der Waals surface area contributed by atoms with Gasteiger partial charge >= 0.3 is 11.9 Å². The highest BCUT2D eigenvalue weighted by molar-refractivity contribution is 5.93. The van der Waals surface area contributed by atoms with E-state index in [-0.39, 0.29) is 47.6 Å². The first-order valence-electron chi connectivity index (χ1n) is 34.0. The van der Waals surface area contributed by atoms with E-state index in [1.165, 1.54) is 75.2 Å². The topological polar surface area (TPSA) is 113 Å². The van der Waals surface area contributed by atoms with Gasteiger partial charge in [0, 0.05) is 17.4 Å². The van der Waals surface area contributed by atoms with Crippen LogP contribution < -0.4 is 0 Å². The van der Waals surface area contributed by atoms with Crippen LogP contribution in [0.5, 0.6) is 0 Å². The Kier molecular flexibility index (Phi) is 14.9. The van der Waals surface area contributed by atoms with Gasteiger partial charge in [0.2, 0.25) is 0 Å². The van der Waals surface area contributed by atoms with Gasteiger partial charge in [0.25, 0.3) is 0 Å². The summed E-state index contributed by atoms with van der Waals surface area (Å²) >= 11 is 0. The molecule has 1 heterocycles. The Balaban J connectivity index is 0.889. The molecule has 16 atom stereocenters. The Bertz CT molecular complexity index is 3060. The summed E-state index contributed by atoms with van der Waals surface area (Å²) in [5.41, 5.74) is 5.82. The third-order valence-corrected chi connectivity index (χ3v) is 26.9. The molecule has 9 aliphatic carbocycles. The Labute approximate surface area is 496 Å². The number of rotatable bonds is 15. The lowest BCUT2D eigenvalue weighted by atomic mass is 9.36. The molecule has 444 valence electrons. The molecule has 0 amide bonds. The van der Waals surface area contributed by atoms with Crippen molar-refractivity contribution in [3.8, 4) is 0 Å². The number of cyclic esters (lactones) is 1. The summed E-state index contributed by atoms with van der Waals surface area (Å²) in [6.07, 6.45) is 26.7. The van der Waals surface area contributed by atoms with Gasteiger partial charge in [-0.1, -0.05) is 163 Å². The average Bonchev–Trinajstić information content (AvgIpc) is 4.14. The number of hydrogen-bond acceptors (Lipinski definition) is 7. The zero-order valence-corrected chi connectivity index (χ0v) is 50.6. The molecule has 3 N–H and O–H groups in total. The predicted octanol–water partition coefficient (Wildman–Crippen LogP) is 16.5. The van der Waals surface area contributed by atoms with Crippen LogP contribution in [0.3, 0.4) is 0 Å². The molecule has 7 saturated carbocycles. The van der Waals surface area contributed by atoms with Crippen LogP contribution in [0.15, 0.2) is 103 Å². The summed E-state index contributed by atoms with van der Waals surface area (Å²) in [5, 5.41) is 44.8. The van der Waals surface area contributed by atoms with Crippen LogP contribution in [0.2, 0.25) is 0 Å². The van der Waals surface area contributed by atoms with Crippen LogP contribution in [0.1, 0.15) is 240 Å². The van der Waals surface area contributed by atoms with E-state index in [9.17, 15) is 24.9 Å². The average molecular weight is 1120 g/mol. The molecule has 7 nitrogen and oxygen atoms in total. The minimum Gasteiger partial charge on any atom is -0.462 e. The van der Waals surface area contributed by atoms with Gasteiger partial charge in [-0.15, -0.1) is 0 Å². The predicted molar refractivity (Wildman–Crippen MR) is 329 cm³/mol. The van der Waals surface area contributed by atoms with Crippen molar-refractivity contribution in [2.75, 3.05) is 6.61 Å². The third kappa shape index (κ3) is 8.90. The maximum Gasteiger partial charge on any atom is 0.331 e. The third-order valence-electron chi connectivity index (χ3n) is 26.9. The number of carbonyl (C=O) groups excluding carboxylic acids is 2. The van der Waals surface area contributed by atoms with Gasteiger partial charge in [0.1, 0.15) is 12.7 Å². The fourth-order valence-corrected chi connectivity index (χ4v) is 23.3. The summed E-state index contributed by atoms with van der Waals surface area (Å²) < 4.78 is 12.7. The summed E-state index contributed by atoms with van der Waals surface area (Å²) in [6, 6.07) is 35.1. The first-order valence-corrected chi connectivity index (χ1v) is 34.0. The van der Waals surface area contributed by atoms with E-state index >= 15 is 0 Å². The molecule has 7 heteroatoms. The summed E-state index contributed by atoms with van der Waals surface area (Å²) in [4.78, 5) is 27.6. The number of aliphatic hydroxyl groups excluding tert-OH is 2. The Morgan fingerprint density at radius 3 is 2.29 bits per heavy atom. The van der Waals surface area contributed by atoms with E-state index in [2.05, 4.69) is 112 Å². The maximum atomic E-state index is 15.0. The van der Waals surface area contributed by atoms with Crippen molar-refractivity contribution in [3.63, 3.8) is 0 Å². The number of aryl methyl sites for hydroxylation is 1. The minimum atomic E-state index is -1.55. The minimum absolute atomic E-state index is 0.106. The quantitative estimate of drug-likeness (QED) is 0.102. The second kappa shape index (κ2) is 21.8. The summed E-state index contributed by atoms with van der Waals surface area (Å²) in [6.45, 7) is 7.10. The van der Waals surface area contributed by atoms with Gasteiger partial charge in [0.15, 0.2) is 0 Å². The highest BCUT2D eigenvalue weighted by Gasteiger charge is 2.76. The molecule has 0 saturated heterocycles. The van der Waals surface area contributed by atoms with E-state index in [0.29, 0.717) is 60.7 Å². The Morgan fingerprint density at radius 2 is 1.52 bits per heavy atom. The molecule has 1 aliphatic heterocycles. The smallest absolute Gasteiger partial charge is 0.331 e. The Morgan fingerprint density at radius 1 is 0.759 bits per heavy atom. The molecule has 2 spiro atoms. The van der Waals surface area contributed by atoms with E-state index in [1.807, 2.05) is 0 Å². The molecule has 0 radical (unpaired) electrons. The standard InChI is InChI=1S/C76H98O7/c1-49(19-17-22-51-20-7-4-8-21-51)30-33-63(77)76-64(78)36-40-71(3,69(76)62(83-70(80)54-23-9-5-10-24-54)43-50(2)75(76,81)42-34-52-44-65(79)82-47-52)56-35-41-74-48-72(37-15-16-38-72)61-46-73(55-26-11-6-12-27-55)39-14-13-29-59(73)58-32-31-53-25-18-28-57(60(74)45-56)66(53)67(58)68(61)74/h4,6-8,11-12,18,20-21,25-28,31-32,44,49-50,54,56,59-64,68-69,77-78,81H,5,9-10,13-17,19,22-24,29-30,33-43,45-48H2,1-3H3/t49-,50-,56-,59-,60+,61+,62-,63+,64+,68+,69+,71+,73+,74-,75-,76+/m1/s1. The number of fused-ring (bicyclic) bond motifs is 5. The monoisotopic (exact) mass is 1120 g/mol. The zero-order valence-electron chi connectivity index (χ0n) is 50.6. The van der Waals surface area contributed by atoms with Gasteiger partial charge in [-0.2, -0.15) is 0 Å². The highest BCUT2D eigenvalue weighted by atomic mass is 16.5. The molecule has 0 bridgehead atoms. The number of carbonyl (C=O) groups is 2. The van der Waals surface area contributed by atoms with Gasteiger partial charge in [-0.25, -0.2) is 4.79 Å². The van der Waals surface area contributed by atoms with Crippen molar-refractivity contribution < 1.29 is 34.4 Å². The van der Waals surface area contributed by atoms with Crippen LogP contribution in [-0.2, 0) is 30.9 Å². The van der Waals surface area contributed by atoms with Crippen LogP contribution in [0, 0.1) is 57.2 Å². The van der Waals surface area contributed by atoms with Crippen molar-refractivity contribution in [3.05, 3.63) is 130 Å². The molecule has 0 aromatic heterocycles. The first-order chi connectivity index (χ1) is 40.2. The SMILES string of the molecule is C[C@H](CCCc1ccccc1)CC[C@H](O)[C@]12[C@@H](O)CC[C@@](C)([C@@H]3CC[C@]45CC6(CCCC6)[C@H]6C[C@]7(c8ccccc8)CCCC[C@@H]7c7ccc8cccc(c8c7[C@H]64)[C@@H]5C3)[C@@H]1[C@H](OC(=O)C1CCCCC1)C[C@@H](C)[C@]2(O)CCC1=CC(=O)OC1. The maximum absolute atomic E-state index is 15.0. The number of benzene rings is 4. The van der Waals surface area contributed by atoms with Crippen molar-refractivity contribution in [1.29, 1.82) is 0 Å².